The summed E-state index contributed by atoms with van der Waals surface area (Å²) in [5, 5.41) is 0. The van der Waals surface area contributed by atoms with Gasteiger partial charge in [0.15, 0.2) is 0 Å². The van der Waals surface area contributed by atoms with Crippen molar-refractivity contribution in [3.8, 4) is 0 Å². The van der Waals surface area contributed by atoms with Crippen molar-refractivity contribution in [2.75, 3.05) is 13.1 Å². The maximum atomic E-state index is 12.8. The van der Waals surface area contributed by atoms with Crippen LogP contribution in [0.1, 0.15) is 58.5 Å². The van der Waals surface area contributed by atoms with Crippen LogP contribution in [0.2, 0.25) is 0 Å². The molecule has 0 spiro atoms. The summed E-state index contributed by atoms with van der Waals surface area (Å²) in [5.41, 5.74) is 3.97. The molecule has 6 heteroatoms. The Morgan fingerprint density at radius 3 is 3.00 bits per heavy atom. The number of likely N-dealkylation sites (tertiary alicyclic amines) is 1. The predicted molar refractivity (Wildman–Crippen MR) is 89.9 cm³/mol. The molecule has 5 nitrogen and oxygen atoms in total. The Kier molecular flexibility index (Phi) is 3.93. The summed E-state index contributed by atoms with van der Waals surface area (Å²) in [6, 6.07) is 0. The smallest absolute Gasteiger partial charge is 0.265 e. The molecule has 0 radical (unpaired) electrons. The van der Waals surface area contributed by atoms with Gasteiger partial charge in [-0.2, -0.15) is 0 Å². The first-order valence-electron chi connectivity index (χ1n) is 8.47. The summed E-state index contributed by atoms with van der Waals surface area (Å²) in [5.74, 6) is 1.70. The molecule has 1 unspecified atom stereocenters. The zero-order chi connectivity index (χ0) is 15.8. The molecule has 0 aromatic carbocycles. The maximum absolute atomic E-state index is 12.8. The van der Waals surface area contributed by atoms with E-state index in [-0.39, 0.29) is 5.91 Å². The Balaban J connectivity index is 1.54. The Bertz CT molecular complexity index is 720. The number of thiazole rings is 1. The van der Waals surface area contributed by atoms with E-state index in [1.165, 1.54) is 35.7 Å². The minimum absolute atomic E-state index is 0.139. The van der Waals surface area contributed by atoms with Crippen LogP contribution in [0.15, 0.2) is 11.7 Å². The van der Waals surface area contributed by atoms with E-state index in [9.17, 15) is 4.79 Å². The molecule has 4 rings (SSSR count). The van der Waals surface area contributed by atoms with Gasteiger partial charge in [0.2, 0.25) is 0 Å². The predicted octanol–water partition coefficient (Wildman–Crippen LogP) is 3.00. The average Bonchev–Trinajstić information content (AvgIpc) is 3.20. The van der Waals surface area contributed by atoms with Crippen LogP contribution in [0.4, 0.5) is 0 Å². The molecule has 1 amide bonds. The lowest BCUT2D eigenvalue weighted by Gasteiger charge is -2.33. The Hall–Kier alpha value is -1.69. The minimum atomic E-state index is 0.139. The number of piperidine rings is 1. The number of carbonyl (C=O) groups is 1. The number of hydrogen-bond acceptors (Lipinski definition) is 4. The molecule has 0 saturated carbocycles. The fourth-order valence-corrected chi connectivity index (χ4v) is 4.58. The van der Waals surface area contributed by atoms with Gasteiger partial charge >= 0.3 is 0 Å². The van der Waals surface area contributed by atoms with Crippen LogP contribution >= 0.6 is 11.3 Å². The molecule has 0 N–H and O–H groups in total. The number of imidazole rings is 1. The molecule has 1 saturated heterocycles. The molecular weight excluding hydrogens is 308 g/mol. The van der Waals surface area contributed by atoms with Gasteiger partial charge in [-0.15, -0.1) is 11.3 Å². The normalized spacial score (nSPS) is 21.3. The molecule has 1 atom stereocenters. The third kappa shape index (κ3) is 2.69. The van der Waals surface area contributed by atoms with Crippen LogP contribution in [0.25, 0.3) is 0 Å². The second-order valence-corrected chi connectivity index (χ2v) is 7.43. The largest absolute Gasteiger partial charge is 0.337 e. The van der Waals surface area contributed by atoms with Crippen molar-refractivity contribution in [2.45, 2.75) is 51.5 Å². The molecule has 2 aromatic rings. The SMILES string of the molecule is Cc1ncsc1C(=O)N1CCCC(c2ncc3n2CCCC3)C1. The number of amides is 1. The van der Waals surface area contributed by atoms with E-state index in [1.807, 2.05) is 18.0 Å². The number of hydrogen-bond donors (Lipinski definition) is 0. The molecule has 4 heterocycles. The highest BCUT2D eigenvalue weighted by molar-refractivity contribution is 7.11. The second kappa shape index (κ2) is 6.07. The Labute approximate surface area is 140 Å². The lowest BCUT2D eigenvalue weighted by molar-refractivity contribution is 0.0707. The van der Waals surface area contributed by atoms with Crippen molar-refractivity contribution in [2.24, 2.45) is 0 Å². The van der Waals surface area contributed by atoms with Crippen molar-refractivity contribution in [3.63, 3.8) is 0 Å². The minimum Gasteiger partial charge on any atom is -0.337 e. The monoisotopic (exact) mass is 330 g/mol. The standard InChI is InChI=1S/C17H22N4OS/c1-12-15(23-11-19-12)17(22)20-7-4-5-13(10-20)16-18-9-14-6-2-3-8-21(14)16/h9,11,13H,2-8,10H2,1H3. The lowest BCUT2D eigenvalue weighted by Crippen LogP contribution is -2.39. The molecule has 2 aliphatic rings. The van der Waals surface area contributed by atoms with E-state index in [2.05, 4.69) is 9.55 Å². The van der Waals surface area contributed by atoms with Gasteiger partial charge in [0.05, 0.1) is 11.2 Å². The van der Waals surface area contributed by atoms with Crippen molar-refractivity contribution < 1.29 is 4.79 Å². The Morgan fingerprint density at radius 1 is 1.26 bits per heavy atom. The highest BCUT2D eigenvalue weighted by Crippen LogP contribution is 2.30. The summed E-state index contributed by atoms with van der Waals surface area (Å²) < 4.78 is 2.40. The van der Waals surface area contributed by atoms with Crippen molar-refractivity contribution >= 4 is 17.2 Å². The molecule has 0 bridgehead atoms. The first kappa shape index (κ1) is 14.9. The fourth-order valence-electron chi connectivity index (χ4n) is 3.81. The van der Waals surface area contributed by atoms with Crippen LogP contribution < -0.4 is 0 Å². The van der Waals surface area contributed by atoms with Crippen LogP contribution in [-0.2, 0) is 13.0 Å². The lowest BCUT2D eigenvalue weighted by atomic mass is 9.96. The topological polar surface area (TPSA) is 51.0 Å². The third-order valence-corrected chi connectivity index (χ3v) is 5.96. The van der Waals surface area contributed by atoms with Crippen LogP contribution in [0.3, 0.4) is 0 Å². The van der Waals surface area contributed by atoms with E-state index in [0.717, 1.165) is 49.5 Å². The number of rotatable bonds is 2. The first-order valence-corrected chi connectivity index (χ1v) is 9.35. The molecule has 1 fully saturated rings. The molecule has 2 aliphatic heterocycles. The number of aryl methyl sites for hydroxylation is 2. The first-order chi connectivity index (χ1) is 11.2. The zero-order valence-corrected chi connectivity index (χ0v) is 14.3. The Morgan fingerprint density at radius 2 is 2.17 bits per heavy atom. The number of fused-ring (bicyclic) bond motifs is 1. The number of aromatic nitrogens is 3. The van der Waals surface area contributed by atoms with Crippen LogP contribution in [0, 0.1) is 6.92 Å². The van der Waals surface area contributed by atoms with Gasteiger partial charge in [-0.25, -0.2) is 9.97 Å². The molecule has 122 valence electrons. The summed E-state index contributed by atoms with van der Waals surface area (Å²) in [7, 11) is 0. The summed E-state index contributed by atoms with van der Waals surface area (Å²) in [6.45, 7) is 4.63. The van der Waals surface area contributed by atoms with Gasteiger partial charge in [-0.05, 0) is 39.0 Å². The average molecular weight is 330 g/mol. The van der Waals surface area contributed by atoms with Crippen molar-refractivity contribution in [3.05, 3.63) is 33.8 Å². The number of carbonyl (C=O) groups excluding carboxylic acids is 1. The van der Waals surface area contributed by atoms with Crippen molar-refractivity contribution in [1.29, 1.82) is 0 Å². The van der Waals surface area contributed by atoms with Crippen LogP contribution in [0.5, 0.6) is 0 Å². The molecular formula is C17H22N4OS. The zero-order valence-electron chi connectivity index (χ0n) is 13.5. The van der Waals surface area contributed by atoms with Gasteiger partial charge in [0.1, 0.15) is 10.7 Å². The van der Waals surface area contributed by atoms with E-state index in [4.69, 9.17) is 4.98 Å². The van der Waals surface area contributed by atoms with Gasteiger partial charge in [-0.1, -0.05) is 0 Å². The summed E-state index contributed by atoms with van der Waals surface area (Å²) >= 11 is 1.45. The number of nitrogens with zero attached hydrogens (tertiary/aromatic N) is 4. The summed E-state index contributed by atoms with van der Waals surface area (Å²) in [4.78, 5) is 24.5. The highest BCUT2D eigenvalue weighted by Gasteiger charge is 2.30. The molecule has 23 heavy (non-hydrogen) atoms. The van der Waals surface area contributed by atoms with Gasteiger partial charge in [0.25, 0.3) is 5.91 Å². The summed E-state index contributed by atoms with van der Waals surface area (Å²) in [6.07, 6.45) is 7.88. The van der Waals surface area contributed by atoms with E-state index in [0.29, 0.717) is 5.92 Å². The van der Waals surface area contributed by atoms with Gasteiger partial charge in [0, 0.05) is 37.4 Å². The van der Waals surface area contributed by atoms with E-state index in [1.54, 1.807) is 5.51 Å². The highest BCUT2D eigenvalue weighted by atomic mass is 32.1. The van der Waals surface area contributed by atoms with E-state index < -0.39 is 0 Å². The quantitative estimate of drug-likeness (QED) is 0.850. The van der Waals surface area contributed by atoms with Gasteiger partial charge in [-0.3, -0.25) is 4.79 Å². The van der Waals surface area contributed by atoms with Crippen LogP contribution in [-0.4, -0.2) is 38.4 Å². The van der Waals surface area contributed by atoms with E-state index >= 15 is 0 Å². The van der Waals surface area contributed by atoms with Gasteiger partial charge < -0.3 is 9.47 Å². The second-order valence-electron chi connectivity index (χ2n) is 6.57. The third-order valence-electron chi connectivity index (χ3n) is 5.05. The van der Waals surface area contributed by atoms with Crippen molar-refractivity contribution in [1.82, 2.24) is 19.4 Å². The fraction of sp³-hybridized carbons (Fsp3) is 0.588. The maximum Gasteiger partial charge on any atom is 0.265 e. The molecule has 2 aromatic heterocycles. The molecule has 0 aliphatic carbocycles.